The maximum Gasteiger partial charge on any atom is 0.318 e. The largest absolute Gasteiger partial charge is 0.480 e. The Hall–Kier alpha value is -1.20. The summed E-state index contributed by atoms with van der Waals surface area (Å²) in [5.74, 6) is -2.72. The third-order valence-corrected chi connectivity index (χ3v) is 7.64. The zero-order valence-electron chi connectivity index (χ0n) is 12.6. The molecule has 1 heterocycles. The predicted octanol–water partition coefficient (Wildman–Crippen LogP) is -0.118. The number of aliphatic hydroxyl groups excluding tert-OH is 1. The van der Waals surface area contributed by atoms with E-state index < -0.39 is 56.0 Å². The van der Waals surface area contributed by atoms with Crippen molar-refractivity contribution in [2.75, 3.05) is 18.1 Å². The molecular weight excluding hydrogens is 382 g/mol. The van der Waals surface area contributed by atoms with E-state index in [0.29, 0.717) is 9.87 Å². The number of benzene rings is 1. The number of aryl methyl sites for hydroxylation is 1. The molecule has 0 bridgehead atoms. The first-order chi connectivity index (χ1) is 10.9. The number of hydrogen-bond acceptors (Lipinski definition) is 6. The summed E-state index contributed by atoms with van der Waals surface area (Å²) in [6, 6.07) is 2.73. The van der Waals surface area contributed by atoms with Gasteiger partial charge in [-0.25, -0.2) is 16.8 Å². The fraction of sp³-hybridized carbons (Fsp3) is 0.462. The molecular formula is C13H16ClNO7S2. The minimum Gasteiger partial charge on any atom is -0.480 e. The first-order valence-electron chi connectivity index (χ1n) is 6.82. The van der Waals surface area contributed by atoms with Crippen LogP contribution in [0.25, 0.3) is 0 Å². The fourth-order valence-corrected chi connectivity index (χ4v) is 6.57. The summed E-state index contributed by atoms with van der Waals surface area (Å²) >= 11 is 5.82. The van der Waals surface area contributed by atoms with Crippen LogP contribution in [0.15, 0.2) is 23.1 Å². The van der Waals surface area contributed by atoms with Gasteiger partial charge in [0.15, 0.2) is 9.84 Å². The van der Waals surface area contributed by atoms with Gasteiger partial charge in [0.05, 0.1) is 28.5 Å². The average molecular weight is 398 g/mol. The summed E-state index contributed by atoms with van der Waals surface area (Å²) in [6.45, 7) is 0.537. The van der Waals surface area contributed by atoms with Crippen molar-refractivity contribution in [1.82, 2.24) is 4.31 Å². The average Bonchev–Trinajstić information content (AvgIpc) is 2.71. The molecule has 1 aromatic rings. The molecule has 2 rings (SSSR count). The molecule has 0 spiro atoms. The van der Waals surface area contributed by atoms with Crippen molar-refractivity contribution in [3.05, 3.63) is 28.8 Å². The lowest BCUT2D eigenvalue weighted by Crippen LogP contribution is -2.49. The van der Waals surface area contributed by atoms with E-state index in [2.05, 4.69) is 0 Å². The Kier molecular flexibility index (Phi) is 5.26. The molecule has 0 saturated carbocycles. The summed E-state index contributed by atoms with van der Waals surface area (Å²) in [5, 5.41) is 19.1. The molecule has 0 aliphatic carbocycles. The van der Waals surface area contributed by atoms with E-state index in [9.17, 15) is 26.7 Å². The molecule has 11 heteroatoms. The van der Waals surface area contributed by atoms with Gasteiger partial charge in [0.25, 0.3) is 0 Å². The van der Waals surface area contributed by atoms with Crippen molar-refractivity contribution in [2.45, 2.75) is 24.0 Å². The number of sulfone groups is 1. The van der Waals surface area contributed by atoms with Gasteiger partial charge in [0.2, 0.25) is 10.0 Å². The van der Waals surface area contributed by atoms with Crippen LogP contribution in [0.1, 0.15) is 5.56 Å². The van der Waals surface area contributed by atoms with Gasteiger partial charge < -0.3 is 10.2 Å². The predicted molar refractivity (Wildman–Crippen MR) is 86.2 cm³/mol. The Morgan fingerprint density at radius 2 is 2.00 bits per heavy atom. The smallest absolute Gasteiger partial charge is 0.318 e. The molecule has 0 radical (unpaired) electrons. The molecule has 8 nitrogen and oxygen atoms in total. The van der Waals surface area contributed by atoms with E-state index in [0.717, 1.165) is 6.07 Å². The van der Waals surface area contributed by atoms with Crippen LogP contribution < -0.4 is 0 Å². The van der Waals surface area contributed by atoms with E-state index in [-0.39, 0.29) is 9.92 Å². The lowest BCUT2D eigenvalue weighted by atomic mass is 10.2. The summed E-state index contributed by atoms with van der Waals surface area (Å²) in [6.07, 6.45) is -1.50. The number of sulfonamides is 1. The number of hydrogen-bond donors (Lipinski definition) is 2. The molecule has 134 valence electrons. The highest BCUT2D eigenvalue weighted by atomic mass is 35.5. The van der Waals surface area contributed by atoms with Crippen molar-refractivity contribution in [2.24, 2.45) is 0 Å². The van der Waals surface area contributed by atoms with Gasteiger partial charge in [-0.1, -0.05) is 17.7 Å². The van der Waals surface area contributed by atoms with E-state index in [1.807, 2.05) is 0 Å². The van der Waals surface area contributed by atoms with Gasteiger partial charge in [-0.05, 0) is 24.6 Å². The van der Waals surface area contributed by atoms with Crippen molar-refractivity contribution >= 4 is 37.4 Å². The number of carboxylic acids is 1. The molecule has 1 aromatic carbocycles. The number of halogens is 1. The van der Waals surface area contributed by atoms with Gasteiger partial charge in [-0.15, -0.1) is 0 Å². The van der Waals surface area contributed by atoms with Crippen LogP contribution in [-0.4, -0.2) is 67.5 Å². The summed E-state index contributed by atoms with van der Waals surface area (Å²) in [7, 11) is -8.03. The first kappa shape index (κ1) is 19.1. The highest BCUT2D eigenvalue weighted by Crippen LogP contribution is 2.28. The summed E-state index contributed by atoms with van der Waals surface area (Å²) < 4.78 is 49.6. The van der Waals surface area contributed by atoms with Crippen LogP contribution >= 0.6 is 11.6 Å². The monoisotopic (exact) mass is 397 g/mol. The van der Waals surface area contributed by atoms with Gasteiger partial charge in [0.1, 0.15) is 6.54 Å². The van der Waals surface area contributed by atoms with Gasteiger partial charge in [-0.2, -0.15) is 4.31 Å². The minimum absolute atomic E-state index is 0.133. The van der Waals surface area contributed by atoms with Crippen molar-refractivity contribution < 1.29 is 31.8 Å². The molecule has 0 unspecified atom stereocenters. The fourth-order valence-electron chi connectivity index (χ4n) is 2.58. The molecule has 0 aromatic heterocycles. The molecule has 1 aliphatic heterocycles. The van der Waals surface area contributed by atoms with Crippen LogP contribution in [0, 0.1) is 6.92 Å². The Morgan fingerprint density at radius 1 is 1.38 bits per heavy atom. The second-order valence-corrected chi connectivity index (χ2v) is 10.0. The summed E-state index contributed by atoms with van der Waals surface area (Å²) in [5.41, 5.74) is 0.324. The van der Waals surface area contributed by atoms with E-state index >= 15 is 0 Å². The minimum atomic E-state index is -4.37. The molecule has 2 N–H and O–H groups in total. The maximum absolute atomic E-state index is 12.9. The van der Waals surface area contributed by atoms with Crippen molar-refractivity contribution in [3.8, 4) is 0 Å². The molecule has 1 fully saturated rings. The standard InChI is InChI=1S/C13H16ClNO7S2/c1-8-2-3-9(14)4-12(8)24(21,22)15(5-13(17)18)10-6-23(19,20)7-11(10)16/h2-4,10-11,16H,5-7H2,1H3,(H,17,18)/t10-,11-/m1/s1. The summed E-state index contributed by atoms with van der Waals surface area (Å²) in [4.78, 5) is 10.9. The number of rotatable bonds is 5. The Bertz CT molecular complexity index is 866. The zero-order chi connectivity index (χ0) is 18.3. The third-order valence-electron chi connectivity index (χ3n) is 3.69. The van der Waals surface area contributed by atoms with Crippen molar-refractivity contribution in [3.63, 3.8) is 0 Å². The first-order valence-corrected chi connectivity index (χ1v) is 10.5. The number of carbonyl (C=O) groups is 1. The Balaban J connectivity index is 2.55. The van der Waals surface area contributed by atoms with E-state index in [1.54, 1.807) is 0 Å². The second-order valence-electron chi connectivity index (χ2n) is 5.57. The lowest BCUT2D eigenvalue weighted by Gasteiger charge is -2.28. The van der Waals surface area contributed by atoms with Crippen LogP contribution in [0.5, 0.6) is 0 Å². The number of aliphatic carboxylic acids is 1. The van der Waals surface area contributed by atoms with Gasteiger partial charge in [0, 0.05) is 5.02 Å². The van der Waals surface area contributed by atoms with Gasteiger partial charge in [-0.3, -0.25) is 4.79 Å². The van der Waals surface area contributed by atoms with Crippen LogP contribution in [0.4, 0.5) is 0 Å². The SMILES string of the molecule is Cc1ccc(Cl)cc1S(=O)(=O)N(CC(=O)O)[C@@H]1CS(=O)(=O)C[C@H]1O. The van der Waals surface area contributed by atoms with Crippen molar-refractivity contribution in [1.29, 1.82) is 0 Å². The molecule has 24 heavy (non-hydrogen) atoms. The Morgan fingerprint density at radius 3 is 2.50 bits per heavy atom. The van der Waals surface area contributed by atoms with Crippen LogP contribution in [0.2, 0.25) is 5.02 Å². The topological polar surface area (TPSA) is 129 Å². The lowest BCUT2D eigenvalue weighted by molar-refractivity contribution is -0.137. The normalized spacial score (nSPS) is 23.5. The molecule has 1 saturated heterocycles. The number of carboxylic acid groups (broad SMARTS) is 1. The molecule has 1 aliphatic rings. The highest BCUT2D eigenvalue weighted by molar-refractivity contribution is 7.92. The highest BCUT2D eigenvalue weighted by Gasteiger charge is 2.45. The molecule has 2 atom stereocenters. The zero-order valence-corrected chi connectivity index (χ0v) is 15.0. The number of nitrogens with zero attached hydrogens (tertiary/aromatic N) is 1. The van der Waals surface area contributed by atoms with Crippen LogP contribution in [-0.2, 0) is 24.7 Å². The molecule has 0 amide bonds. The second kappa shape index (κ2) is 6.60. The van der Waals surface area contributed by atoms with E-state index in [1.165, 1.54) is 19.1 Å². The third kappa shape index (κ3) is 3.89. The Labute approximate surface area is 144 Å². The maximum atomic E-state index is 12.9. The van der Waals surface area contributed by atoms with Gasteiger partial charge >= 0.3 is 5.97 Å². The number of aliphatic hydroxyl groups is 1. The van der Waals surface area contributed by atoms with Crippen LogP contribution in [0.3, 0.4) is 0 Å². The quantitative estimate of drug-likeness (QED) is 0.708. The van der Waals surface area contributed by atoms with E-state index in [4.69, 9.17) is 16.7 Å².